The first-order chi connectivity index (χ1) is 11.1. The molecule has 0 aliphatic heterocycles. The van der Waals surface area contributed by atoms with Crippen LogP contribution in [0.15, 0.2) is 47.6 Å². The third-order valence-electron chi connectivity index (χ3n) is 2.98. The summed E-state index contributed by atoms with van der Waals surface area (Å²) in [5.41, 5.74) is 2.22. The highest BCUT2D eigenvalue weighted by Crippen LogP contribution is 2.16. The van der Waals surface area contributed by atoms with Crippen LogP contribution >= 0.6 is 11.8 Å². The lowest BCUT2D eigenvalue weighted by molar-refractivity contribution is -0.113. The predicted octanol–water partition coefficient (Wildman–Crippen LogP) is 2.87. The van der Waals surface area contributed by atoms with Crippen LogP contribution in [0.4, 0.5) is 5.69 Å². The van der Waals surface area contributed by atoms with E-state index in [0.29, 0.717) is 17.8 Å². The number of carbonyl (C=O) groups is 2. The first kappa shape index (κ1) is 17.0. The smallest absolute Gasteiger partial charge is 0.251 e. The number of aryl methyl sites for hydroxylation is 1. The molecular formula is C17H19N3O2S. The summed E-state index contributed by atoms with van der Waals surface area (Å²) in [4.78, 5) is 28.0. The molecule has 0 aliphatic rings. The number of pyridine rings is 1. The number of nitrogens with one attached hydrogen (secondary N) is 2. The van der Waals surface area contributed by atoms with Crippen LogP contribution in [0.5, 0.6) is 0 Å². The Labute approximate surface area is 139 Å². The van der Waals surface area contributed by atoms with Crippen LogP contribution in [0.2, 0.25) is 0 Å². The molecule has 0 radical (unpaired) electrons. The van der Waals surface area contributed by atoms with Gasteiger partial charge in [-0.3, -0.25) is 9.59 Å². The molecule has 2 aromatic rings. The van der Waals surface area contributed by atoms with Gasteiger partial charge in [0.1, 0.15) is 0 Å². The quantitative estimate of drug-likeness (QED) is 0.800. The molecule has 2 amide bonds. The van der Waals surface area contributed by atoms with Gasteiger partial charge in [0.25, 0.3) is 5.91 Å². The lowest BCUT2D eigenvalue weighted by Crippen LogP contribution is -2.23. The molecule has 0 saturated carbocycles. The largest absolute Gasteiger partial charge is 0.352 e. The second-order valence-electron chi connectivity index (χ2n) is 4.95. The zero-order valence-corrected chi connectivity index (χ0v) is 13.9. The van der Waals surface area contributed by atoms with E-state index >= 15 is 0 Å². The summed E-state index contributed by atoms with van der Waals surface area (Å²) in [7, 11) is 0. The van der Waals surface area contributed by atoms with Crippen LogP contribution in [-0.2, 0) is 4.79 Å². The van der Waals surface area contributed by atoms with Crippen LogP contribution in [0, 0.1) is 6.92 Å². The van der Waals surface area contributed by atoms with Gasteiger partial charge in [0.2, 0.25) is 5.91 Å². The summed E-state index contributed by atoms with van der Waals surface area (Å²) >= 11 is 1.37. The molecule has 2 rings (SSSR count). The molecular weight excluding hydrogens is 310 g/mol. The van der Waals surface area contributed by atoms with Gasteiger partial charge in [0.15, 0.2) is 0 Å². The van der Waals surface area contributed by atoms with Gasteiger partial charge in [-0.2, -0.15) is 0 Å². The number of amides is 2. The van der Waals surface area contributed by atoms with Gasteiger partial charge < -0.3 is 10.6 Å². The number of hydrogen-bond donors (Lipinski definition) is 2. The molecule has 0 spiro atoms. The average molecular weight is 329 g/mol. The molecule has 0 aliphatic carbocycles. The molecule has 0 unspecified atom stereocenters. The monoisotopic (exact) mass is 329 g/mol. The van der Waals surface area contributed by atoms with E-state index in [1.54, 1.807) is 30.5 Å². The Balaban J connectivity index is 1.91. The van der Waals surface area contributed by atoms with Gasteiger partial charge in [-0.25, -0.2) is 4.98 Å². The Kier molecular flexibility index (Phi) is 6.17. The fraction of sp³-hybridized carbons (Fsp3) is 0.235. The fourth-order valence-electron chi connectivity index (χ4n) is 1.88. The number of hydrogen-bond acceptors (Lipinski definition) is 4. The standard InChI is InChI=1S/C17H19N3O2S/c1-3-18-17(22)13-5-4-6-14(9-13)20-15(21)11-23-16-8-7-12(2)10-19-16/h4-10H,3,11H2,1-2H3,(H,18,22)(H,20,21). The Morgan fingerprint density at radius 2 is 2.04 bits per heavy atom. The Bertz CT molecular complexity index is 686. The van der Waals surface area contributed by atoms with E-state index in [-0.39, 0.29) is 17.6 Å². The average Bonchev–Trinajstić information content (AvgIpc) is 2.55. The van der Waals surface area contributed by atoms with Crippen molar-refractivity contribution in [1.82, 2.24) is 10.3 Å². The SMILES string of the molecule is CCNC(=O)c1cccc(NC(=O)CSc2ccc(C)cn2)c1. The number of rotatable bonds is 6. The van der Waals surface area contributed by atoms with Gasteiger partial charge in [-0.15, -0.1) is 0 Å². The van der Waals surface area contributed by atoms with Crippen molar-refractivity contribution < 1.29 is 9.59 Å². The third-order valence-corrected chi connectivity index (χ3v) is 3.93. The molecule has 0 saturated heterocycles. The summed E-state index contributed by atoms with van der Waals surface area (Å²) in [6.45, 7) is 4.39. The highest BCUT2D eigenvalue weighted by molar-refractivity contribution is 7.99. The third kappa shape index (κ3) is 5.41. The maximum Gasteiger partial charge on any atom is 0.251 e. The van der Waals surface area contributed by atoms with Crippen molar-refractivity contribution in [3.63, 3.8) is 0 Å². The van der Waals surface area contributed by atoms with Crippen LogP contribution in [0.3, 0.4) is 0 Å². The van der Waals surface area contributed by atoms with E-state index in [1.807, 2.05) is 26.0 Å². The molecule has 6 heteroatoms. The van der Waals surface area contributed by atoms with Gasteiger partial charge in [-0.1, -0.05) is 23.9 Å². The summed E-state index contributed by atoms with van der Waals surface area (Å²) in [5, 5.41) is 6.33. The molecule has 120 valence electrons. The summed E-state index contributed by atoms with van der Waals surface area (Å²) in [5.74, 6) is -0.0196. The maximum absolute atomic E-state index is 12.0. The maximum atomic E-state index is 12.0. The fourth-order valence-corrected chi connectivity index (χ4v) is 2.52. The predicted molar refractivity (Wildman–Crippen MR) is 92.8 cm³/mol. The minimum atomic E-state index is -0.151. The Morgan fingerprint density at radius 1 is 1.22 bits per heavy atom. The van der Waals surface area contributed by atoms with Crippen LogP contribution in [-0.4, -0.2) is 29.1 Å². The minimum Gasteiger partial charge on any atom is -0.352 e. The number of nitrogens with zero attached hydrogens (tertiary/aromatic N) is 1. The molecule has 1 heterocycles. The summed E-state index contributed by atoms with van der Waals surface area (Å²) in [6.07, 6.45) is 1.77. The lowest BCUT2D eigenvalue weighted by Gasteiger charge is -2.07. The number of benzene rings is 1. The zero-order chi connectivity index (χ0) is 16.7. The van der Waals surface area contributed by atoms with E-state index in [9.17, 15) is 9.59 Å². The van der Waals surface area contributed by atoms with Gasteiger partial charge in [0.05, 0.1) is 10.8 Å². The van der Waals surface area contributed by atoms with Gasteiger partial charge in [0, 0.05) is 24.0 Å². The number of aromatic nitrogens is 1. The van der Waals surface area contributed by atoms with Crippen molar-refractivity contribution in [2.45, 2.75) is 18.9 Å². The van der Waals surface area contributed by atoms with E-state index in [0.717, 1.165) is 10.6 Å². The first-order valence-electron chi connectivity index (χ1n) is 7.32. The van der Waals surface area contributed by atoms with E-state index in [4.69, 9.17) is 0 Å². The Morgan fingerprint density at radius 3 is 2.74 bits per heavy atom. The zero-order valence-electron chi connectivity index (χ0n) is 13.1. The van der Waals surface area contributed by atoms with Crippen molar-refractivity contribution in [3.05, 3.63) is 53.7 Å². The van der Waals surface area contributed by atoms with Crippen molar-refractivity contribution >= 4 is 29.3 Å². The normalized spacial score (nSPS) is 10.2. The number of anilines is 1. The van der Waals surface area contributed by atoms with Crippen LogP contribution in [0.1, 0.15) is 22.8 Å². The molecule has 0 bridgehead atoms. The molecule has 1 aromatic carbocycles. The highest BCUT2D eigenvalue weighted by Gasteiger charge is 2.08. The molecule has 5 nitrogen and oxygen atoms in total. The summed E-state index contributed by atoms with van der Waals surface area (Å²) < 4.78 is 0. The van der Waals surface area contributed by atoms with Crippen molar-refractivity contribution in [2.24, 2.45) is 0 Å². The molecule has 0 fully saturated rings. The van der Waals surface area contributed by atoms with Gasteiger partial charge in [-0.05, 0) is 43.7 Å². The number of thioether (sulfide) groups is 1. The van der Waals surface area contributed by atoms with Crippen LogP contribution < -0.4 is 10.6 Å². The van der Waals surface area contributed by atoms with E-state index < -0.39 is 0 Å². The van der Waals surface area contributed by atoms with Crippen molar-refractivity contribution in [1.29, 1.82) is 0 Å². The van der Waals surface area contributed by atoms with E-state index in [2.05, 4.69) is 15.6 Å². The summed E-state index contributed by atoms with van der Waals surface area (Å²) in [6, 6.07) is 10.7. The van der Waals surface area contributed by atoms with Crippen molar-refractivity contribution in [3.8, 4) is 0 Å². The van der Waals surface area contributed by atoms with Crippen molar-refractivity contribution in [2.75, 3.05) is 17.6 Å². The number of carbonyl (C=O) groups excluding carboxylic acids is 2. The molecule has 2 N–H and O–H groups in total. The topological polar surface area (TPSA) is 71.1 Å². The Hall–Kier alpha value is -2.34. The first-order valence-corrected chi connectivity index (χ1v) is 8.30. The highest BCUT2D eigenvalue weighted by atomic mass is 32.2. The second kappa shape index (κ2) is 8.33. The lowest BCUT2D eigenvalue weighted by atomic mass is 10.2. The van der Waals surface area contributed by atoms with Gasteiger partial charge >= 0.3 is 0 Å². The second-order valence-corrected chi connectivity index (χ2v) is 5.95. The van der Waals surface area contributed by atoms with E-state index in [1.165, 1.54) is 11.8 Å². The van der Waals surface area contributed by atoms with Crippen LogP contribution in [0.25, 0.3) is 0 Å². The molecule has 1 aromatic heterocycles. The minimum absolute atomic E-state index is 0.134. The molecule has 0 atom stereocenters. The molecule has 23 heavy (non-hydrogen) atoms.